The van der Waals surface area contributed by atoms with Gasteiger partial charge in [0, 0.05) is 12.6 Å². The molecule has 0 spiro atoms. The van der Waals surface area contributed by atoms with Crippen molar-refractivity contribution >= 4 is 0 Å². The molecule has 1 N–H and O–H groups in total. The van der Waals surface area contributed by atoms with E-state index in [1.807, 2.05) is 0 Å². The Hall–Kier alpha value is -0.0800. The summed E-state index contributed by atoms with van der Waals surface area (Å²) in [6, 6.07) is 0.627. The highest BCUT2D eigenvalue weighted by atomic mass is 16.5. The molecule has 0 aromatic heterocycles. The molecule has 2 heteroatoms. The van der Waals surface area contributed by atoms with Crippen molar-refractivity contribution in [1.82, 2.24) is 5.32 Å². The molecule has 0 saturated heterocycles. The molecule has 1 rings (SSSR count). The number of hydrogen-bond acceptors (Lipinski definition) is 2. The molecule has 0 aromatic carbocycles. The minimum Gasteiger partial charge on any atom is -0.377 e. The van der Waals surface area contributed by atoms with Gasteiger partial charge in [0.2, 0.25) is 0 Å². The largest absolute Gasteiger partial charge is 0.377 e. The molecule has 2 unspecified atom stereocenters. The Balaban J connectivity index is 2.09. The first-order valence-corrected chi connectivity index (χ1v) is 6.23. The monoisotopic (exact) mass is 199 g/mol. The van der Waals surface area contributed by atoms with Crippen molar-refractivity contribution in [2.45, 2.75) is 64.5 Å². The highest BCUT2D eigenvalue weighted by molar-refractivity contribution is 4.83. The van der Waals surface area contributed by atoms with E-state index in [4.69, 9.17) is 4.74 Å². The van der Waals surface area contributed by atoms with Crippen molar-refractivity contribution in [3.63, 3.8) is 0 Å². The van der Waals surface area contributed by atoms with Crippen LogP contribution < -0.4 is 5.32 Å². The fourth-order valence-corrected chi connectivity index (χ4v) is 2.21. The Morgan fingerprint density at radius 2 is 2.07 bits per heavy atom. The highest BCUT2D eigenvalue weighted by Gasteiger charge is 2.26. The molecule has 1 aliphatic carbocycles. The Morgan fingerprint density at radius 3 is 2.79 bits per heavy atom. The van der Waals surface area contributed by atoms with Gasteiger partial charge in [-0.2, -0.15) is 0 Å². The van der Waals surface area contributed by atoms with Crippen LogP contribution in [0.15, 0.2) is 0 Å². The topological polar surface area (TPSA) is 21.3 Å². The fraction of sp³-hybridized carbons (Fsp3) is 1.00. The van der Waals surface area contributed by atoms with Crippen molar-refractivity contribution < 1.29 is 4.74 Å². The van der Waals surface area contributed by atoms with Crippen LogP contribution in [0.1, 0.15) is 52.4 Å². The first-order valence-electron chi connectivity index (χ1n) is 6.23. The molecule has 0 bridgehead atoms. The molecule has 2 atom stereocenters. The Bertz CT molecular complexity index is 138. The van der Waals surface area contributed by atoms with E-state index in [1.165, 1.54) is 38.5 Å². The maximum atomic E-state index is 5.91. The summed E-state index contributed by atoms with van der Waals surface area (Å²) in [5.41, 5.74) is 0. The minimum atomic E-state index is 0.492. The van der Waals surface area contributed by atoms with Gasteiger partial charge in [0.05, 0.1) is 6.10 Å². The van der Waals surface area contributed by atoms with E-state index in [9.17, 15) is 0 Å². The molecule has 0 heterocycles. The van der Waals surface area contributed by atoms with Gasteiger partial charge in [-0.3, -0.25) is 0 Å². The quantitative estimate of drug-likeness (QED) is 0.637. The van der Waals surface area contributed by atoms with E-state index in [0.717, 1.165) is 13.2 Å². The standard InChI is InChI=1S/C12H25NO/c1-3-5-6-10-14-12-9-7-8-11(12)13-4-2/h11-13H,3-10H2,1-2H3. The zero-order valence-corrected chi connectivity index (χ0v) is 9.72. The van der Waals surface area contributed by atoms with E-state index < -0.39 is 0 Å². The first-order chi connectivity index (χ1) is 6.88. The van der Waals surface area contributed by atoms with Crippen molar-refractivity contribution in [3.05, 3.63) is 0 Å². The smallest absolute Gasteiger partial charge is 0.0728 e. The van der Waals surface area contributed by atoms with Gasteiger partial charge in [-0.15, -0.1) is 0 Å². The van der Waals surface area contributed by atoms with E-state index in [0.29, 0.717) is 12.1 Å². The molecule has 0 amide bonds. The van der Waals surface area contributed by atoms with E-state index >= 15 is 0 Å². The summed E-state index contributed by atoms with van der Waals surface area (Å²) in [6.07, 6.45) is 8.19. The highest BCUT2D eigenvalue weighted by Crippen LogP contribution is 2.22. The second-order valence-corrected chi connectivity index (χ2v) is 4.21. The van der Waals surface area contributed by atoms with Gasteiger partial charge in [-0.1, -0.05) is 26.7 Å². The summed E-state index contributed by atoms with van der Waals surface area (Å²) in [5, 5.41) is 3.51. The fourth-order valence-electron chi connectivity index (χ4n) is 2.21. The van der Waals surface area contributed by atoms with Gasteiger partial charge >= 0.3 is 0 Å². The molecule has 14 heavy (non-hydrogen) atoms. The molecule has 2 nitrogen and oxygen atoms in total. The number of hydrogen-bond donors (Lipinski definition) is 1. The predicted octanol–water partition coefficient (Wildman–Crippen LogP) is 2.72. The van der Waals surface area contributed by atoms with Gasteiger partial charge < -0.3 is 10.1 Å². The lowest BCUT2D eigenvalue weighted by atomic mass is 10.2. The zero-order valence-electron chi connectivity index (χ0n) is 9.72. The summed E-state index contributed by atoms with van der Waals surface area (Å²) >= 11 is 0. The van der Waals surface area contributed by atoms with Crippen LogP contribution in [0.25, 0.3) is 0 Å². The molecule has 1 fully saturated rings. The summed E-state index contributed by atoms with van der Waals surface area (Å²) < 4.78 is 5.91. The average molecular weight is 199 g/mol. The van der Waals surface area contributed by atoms with Crippen LogP contribution in [0.2, 0.25) is 0 Å². The Kier molecular flexibility index (Phi) is 6.20. The maximum absolute atomic E-state index is 5.91. The van der Waals surface area contributed by atoms with Crippen LogP contribution in [0, 0.1) is 0 Å². The van der Waals surface area contributed by atoms with Crippen molar-refractivity contribution in [1.29, 1.82) is 0 Å². The molecular weight excluding hydrogens is 174 g/mol. The number of nitrogens with one attached hydrogen (secondary N) is 1. The summed E-state index contributed by atoms with van der Waals surface area (Å²) in [7, 11) is 0. The summed E-state index contributed by atoms with van der Waals surface area (Å²) in [4.78, 5) is 0. The zero-order chi connectivity index (χ0) is 10.2. The van der Waals surface area contributed by atoms with Gasteiger partial charge in [0.15, 0.2) is 0 Å². The van der Waals surface area contributed by atoms with Crippen LogP contribution in [0.5, 0.6) is 0 Å². The van der Waals surface area contributed by atoms with Gasteiger partial charge in [-0.25, -0.2) is 0 Å². The van der Waals surface area contributed by atoms with E-state index in [-0.39, 0.29) is 0 Å². The van der Waals surface area contributed by atoms with E-state index in [1.54, 1.807) is 0 Å². The van der Waals surface area contributed by atoms with E-state index in [2.05, 4.69) is 19.2 Å². The first kappa shape index (κ1) is 12.0. The van der Waals surface area contributed by atoms with Gasteiger partial charge in [-0.05, 0) is 32.2 Å². The summed E-state index contributed by atoms with van der Waals surface area (Å²) in [5.74, 6) is 0. The molecule has 0 aliphatic heterocycles. The number of unbranched alkanes of at least 4 members (excludes halogenated alkanes) is 2. The minimum absolute atomic E-state index is 0.492. The molecule has 0 aromatic rings. The Morgan fingerprint density at radius 1 is 1.21 bits per heavy atom. The van der Waals surface area contributed by atoms with Crippen LogP contribution >= 0.6 is 0 Å². The van der Waals surface area contributed by atoms with Crippen molar-refractivity contribution in [2.75, 3.05) is 13.2 Å². The summed E-state index contributed by atoms with van der Waals surface area (Å²) in [6.45, 7) is 6.43. The lowest BCUT2D eigenvalue weighted by Crippen LogP contribution is -2.37. The lowest BCUT2D eigenvalue weighted by Gasteiger charge is -2.20. The average Bonchev–Trinajstić information content (AvgIpc) is 2.61. The number of ether oxygens (including phenoxy) is 1. The third-order valence-corrected chi connectivity index (χ3v) is 3.00. The Labute approximate surface area is 88.4 Å². The van der Waals surface area contributed by atoms with Crippen LogP contribution in [0.3, 0.4) is 0 Å². The molecule has 1 saturated carbocycles. The lowest BCUT2D eigenvalue weighted by molar-refractivity contribution is 0.0381. The molecular formula is C12H25NO. The van der Waals surface area contributed by atoms with Crippen LogP contribution in [0.4, 0.5) is 0 Å². The molecule has 84 valence electrons. The van der Waals surface area contributed by atoms with Crippen molar-refractivity contribution in [3.8, 4) is 0 Å². The second kappa shape index (κ2) is 7.24. The predicted molar refractivity (Wildman–Crippen MR) is 60.6 cm³/mol. The normalized spacial score (nSPS) is 27.0. The van der Waals surface area contributed by atoms with Crippen LogP contribution in [-0.4, -0.2) is 25.3 Å². The third kappa shape index (κ3) is 3.97. The number of rotatable bonds is 7. The molecule has 0 radical (unpaired) electrons. The molecule has 1 aliphatic rings. The van der Waals surface area contributed by atoms with Crippen LogP contribution in [-0.2, 0) is 4.74 Å². The van der Waals surface area contributed by atoms with Gasteiger partial charge in [0.25, 0.3) is 0 Å². The second-order valence-electron chi connectivity index (χ2n) is 4.21. The third-order valence-electron chi connectivity index (χ3n) is 3.00. The SMILES string of the molecule is CCCCCOC1CCCC1NCC. The van der Waals surface area contributed by atoms with Gasteiger partial charge in [0.1, 0.15) is 0 Å². The van der Waals surface area contributed by atoms with Crippen molar-refractivity contribution in [2.24, 2.45) is 0 Å². The number of likely N-dealkylation sites (N-methyl/N-ethyl adjacent to an activating group) is 1. The maximum Gasteiger partial charge on any atom is 0.0728 e.